The molecule has 200 valence electrons. The first-order valence-electron chi connectivity index (χ1n) is 11.9. The molecule has 1 aromatic carbocycles. The van der Waals surface area contributed by atoms with Gasteiger partial charge in [-0.2, -0.15) is 0 Å². The number of aromatic nitrogens is 1. The summed E-state index contributed by atoms with van der Waals surface area (Å²) in [4.78, 5) is 21.5. The van der Waals surface area contributed by atoms with Crippen molar-refractivity contribution in [3.05, 3.63) is 30.0 Å². The molecule has 2 aromatic rings. The Kier molecular flexibility index (Phi) is 8.72. The maximum atomic E-state index is 13.4. The number of rotatable bonds is 9. The van der Waals surface area contributed by atoms with Gasteiger partial charge in [0, 0.05) is 32.4 Å². The van der Waals surface area contributed by atoms with E-state index < -0.39 is 19.7 Å². The van der Waals surface area contributed by atoms with Gasteiger partial charge in [0.1, 0.15) is 9.96 Å². The third kappa shape index (κ3) is 7.19. The summed E-state index contributed by atoms with van der Waals surface area (Å²) in [5, 5.41) is 0.616. The summed E-state index contributed by atoms with van der Waals surface area (Å²) in [5.41, 5.74) is 0.0760. The molecule has 1 aliphatic heterocycles. The third-order valence-corrected chi connectivity index (χ3v) is 10.2. The molecule has 0 unspecified atom stereocenters. The highest BCUT2D eigenvalue weighted by Gasteiger charge is 2.28. The first-order valence-corrected chi connectivity index (χ1v) is 16.3. The fourth-order valence-corrected chi connectivity index (χ4v) is 6.99. The Labute approximate surface area is 218 Å². The van der Waals surface area contributed by atoms with Crippen molar-refractivity contribution in [3.8, 4) is 5.75 Å². The molecule has 0 saturated carbocycles. The van der Waals surface area contributed by atoms with Crippen LogP contribution in [0.15, 0.2) is 33.5 Å². The molecule has 1 saturated heterocycles. The second kappa shape index (κ2) is 11.1. The van der Waals surface area contributed by atoms with E-state index in [-0.39, 0.29) is 31.7 Å². The lowest BCUT2D eigenvalue weighted by atomic mass is 9.98. The summed E-state index contributed by atoms with van der Waals surface area (Å²) in [5.74, 6) is 0.164. The molecule has 2 heterocycles. The average molecular weight is 558 g/mol. The SMILES string of the molecule is CCCCS(=O)(=O)c1cnc(N2CCN(C(=O)c3cc(S(C)(=O)=O)ccc3OCC(C)(C)C)CC2)s1. The minimum atomic E-state index is -3.50. The molecular weight excluding hydrogens is 522 g/mol. The minimum Gasteiger partial charge on any atom is -0.492 e. The molecule has 1 fully saturated rings. The van der Waals surface area contributed by atoms with Crippen molar-refractivity contribution in [3.63, 3.8) is 0 Å². The van der Waals surface area contributed by atoms with Crippen LogP contribution in [0.3, 0.4) is 0 Å². The summed E-state index contributed by atoms with van der Waals surface area (Å²) in [6.07, 6.45) is 3.93. The Bertz CT molecular complexity index is 1290. The lowest BCUT2D eigenvalue weighted by molar-refractivity contribution is 0.0739. The second-order valence-electron chi connectivity index (χ2n) is 10.2. The molecule has 36 heavy (non-hydrogen) atoms. The Morgan fingerprint density at radius 3 is 2.36 bits per heavy atom. The number of piperazine rings is 1. The average Bonchev–Trinajstić information content (AvgIpc) is 3.31. The zero-order chi connectivity index (χ0) is 26.7. The molecule has 0 aliphatic carbocycles. The fourth-order valence-electron chi connectivity index (χ4n) is 3.57. The summed E-state index contributed by atoms with van der Waals surface area (Å²) >= 11 is 1.16. The van der Waals surface area contributed by atoms with Gasteiger partial charge in [-0.1, -0.05) is 45.5 Å². The van der Waals surface area contributed by atoms with E-state index in [1.165, 1.54) is 18.3 Å². The van der Waals surface area contributed by atoms with Crippen LogP contribution in [-0.4, -0.2) is 77.4 Å². The number of thiazole rings is 1. The smallest absolute Gasteiger partial charge is 0.257 e. The van der Waals surface area contributed by atoms with Gasteiger partial charge in [-0.15, -0.1) is 0 Å². The molecule has 1 aromatic heterocycles. The largest absolute Gasteiger partial charge is 0.492 e. The quantitative estimate of drug-likeness (QED) is 0.460. The van der Waals surface area contributed by atoms with Gasteiger partial charge in [-0.05, 0) is 30.0 Å². The molecule has 0 bridgehead atoms. The van der Waals surface area contributed by atoms with Crippen LogP contribution in [0.25, 0.3) is 0 Å². The number of ether oxygens (including phenoxy) is 1. The first kappa shape index (κ1) is 28.4. The van der Waals surface area contributed by atoms with Crippen molar-refractivity contribution in [2.24, 2.45) is 5.41 Å². The number of carbonyl (C=O) groups is 1. The zero-order valence-corrected chi connectivity index (χ0v) is 23.9. The van der Waals surface area contributed by atoms with E-state index in [0.29, 0.717) is 50.1 Å². The number of unbranched alkanes of at least 4 members (excludes halogenated alkanes) is 1. The summed E-state index contributed by atoms with van der Waals surface area (Å²) in [6, 6.07) is 4.38. The van der Waals surface area contributed by atoms with Crippen LogP contribution in [0.2, 0.25) is 0 Å². The fraction of sp³-hybridized carbons (Fsp3) is 0.583. The van der Waals surface area contributed by atoms with Crippen LogP contribution < -0.4 is 9.64 Å². The van der Waals surface area contributed by atoms with Gasteiger partial charge >= 0.3 is 0 Å². The van der Waals surface area contributed by atoms with E-state index >= 15 is 0 Å². The van der Waals surface area contributed by atoms with E-state index in [2.05, 4.69) is 4.98 Å². The number of amides is 1. The Hall–Kier alpha value is -2.18. The van der Waals surface area contributed by atoms with Gasteiger partial charge in [0.15, 0.2) is 24.8 Å². The molecule has 1 aliphatic rings. The van der Waals surface area contributed by atoms with Gasteiger partial charge in [0.2, 0.25) is 0 Å². The predicted molar refractivity (Wildman–Crippen MR) is 142 cm³/mol. The lowest BCUT2D eigenvalue weighted by Crippen LogP contribution is -2.48. The van der Waals surface area contributed by atoms with Gasteiger partial charge in [0.05, 0.1) is 29.0 Å². The Morgan fingerprint density at radius 1 is 1.11 bits per heavy atom. The van der Waals surface area contributed by atoms with Gasteiger partial charge in [-0.3, -0.25) is 4.79 Å². The molecule has 3 rings (SSSR count). The zero-order valence-electron chi connectivity index (χ0n) is 21.5. The number of benzene rings is 1. The number of hydrogen-bond donors (Lipinski definition) is 0. The van der Waals surface area contributed by atoms with Crippen LogP contribution in [0, 0.1) is 5.41 Å². The van der Waals surface area contributed by atoms with Crippen LogP contribution in [-0.2, 0) is 19.7 Å². The van der Waals surface area contributed by atoms with Crippen LogP contribution in [0.4, 0.5) is 5.13 Å². The van der Waals surface area contributed by atoms with E-state index in [1.807, 2.05) is 32.6 Å². The highest BCUT2D eigenvalue weighted by molar-refractivity contribution is 7.93. The Balaban J connectivity index is 1.75. The molecule has 1 amide bonds. The number of carbonyl (C=O) groups excluding carboxylic acids is 1. The molecular formula is C24H35N3O6S3. The van der Waals surface area contributed by atoms with Gasteiger partial charge < -0.3 is 14.5 Å². The maximum Gasteiger partial charge on any atom is 0.257 e. The first-order chi connectivity index (χ1) is 16.7. The number of nitrogens with zero attached hydrogens (tertiary/aromatic N) is 3. The van der Waals surface area contributed by atoms with E-state index in [1.54, 1.807) is 11.0 Å². The van der Waals surface area contributed by atoms with Crippen LogP contribution in [0.1, 0.15) is 50.9 Å². The minimum absolute atomic E-state index is 0.0622. The molecule has 0 radical (unpaired) electrons. The van der Waals surface area contributed by atoms with Crippen LogP contribution >= 0.6 is 11.3 Å². The summed E-state index contributed by atoms with van der Waals surface area (Å²) in [7, 11) is -6.84. The molecule has 0 atom stereocenters. The third-order valence-electron chi connectivity index (χ3n) is 5.65. The van der Waals surface area contributed by atoms with E-state index in [4.69, 9.17) is 4.74 Å². The van der Waals surface area contributed by atoms with Crippen molar-refractivity contribution in [2.45, 2.75) is 49.6 Å². The van der Waals surface area contributed by atoms with Crippen molar-refractivity contribution in [1.82, 2.24) is 9.88 Å². The van der Waals surface area contributed by atoms with Crippen molar-refractivity contribution < 1.29 is 26.4 Å². The van der Waals surface area contributed by atoms with Crippen molar-refractivity contribution >= 4 is 42.1 Å². The highest BCUT2D eigenvalue weighted by Crippen LogP contribution is 2.30. The number of hydrogen-bond acceptors (Lipinski definition) is 9. The standard InChI is InChI=1S/C24H35N3O6S3/c1-6-7-14-36(31,32)21-16-25-23(34-21)27-12-10-26(11-13-27)22(28)19-15-18(35(5,29)30)8-9-20(19)33-17-24(2,3)4/h8-9,15-16H,6-7,10-14,17H2,1-5H3. The molecule has 12 heteroatoms. The normalized spacial score (nSPS) is 15.2. The van der Waals surface area contributed by atoms with Crippen LogP contribution in [0.5, 0.6) is 5.75 Å². The van der Waals surface area contributed by atoms with Crippen molar-refractivity contribution in [1.29, 1.82) is 0 Å². The number of sulfone groups is 2. The summed E-state index contributed by atoms with van der Waals surface area (Å²) < 4.78 is 55.4. The predicted octanol–water partition coefficient (Wildman–Crippen LogP) is 3.51. The molecule has 9 nitrogen and oxygen atoms in total. The lowest BCUT2D eigenvalue weighted by Gasteiger charge is -2.35. The monoisotopic (exact) mass is 557 g/mol. The number of anilines is 1. The van der Waals surface area contributed by atoms with E-state index in [9.17, 15) is 21.6 Å². The summed E-state index contributed by atoms with van der Waals surface area (Å²) in [6.45, 7) is 10.1. The van der Waals surface area contributed by atoms with Crippen molar-refractivity contribution in [2.75, 3.05) is 49.7 Å². The second-order valence-corrected chi connectivity index (χ2v) is 15.6. The Morgan fingerprint density at radius 2 is 1.78 bits per heavy atom. The highest BCUT2D eigenvalue weighted by atomic mass is 32.2. The molecule has 0 N–H and O–H groups in total. The molecule has 0 spiro atoms. The van der Waals surface area contributed by atoms with E-state index in [0.717, 1.165) is 24.0 Å². The van der Waals surface area contributed by atoms with Gasteiger partial charge in [0.25, 0.3) is 5.91 Å². The topological polar surface area (TPSA) is 114 Å². The maximum absolute atomic E-state index is 13.4. The van der Waals surface area contributed by atoms with Gasteiger partial charge in [-0.25, -0.2) is 21.8 Å².